The van der Waals surface area contributed by atoms with Gasteiger partial charge in [-0.1, -0.05) is 66.7 Å². The molecule has 3 aromatic carbocycles. The Morgan fingerprint density at radius 1 is 0.816 bits per heavy atom. The van der Waals surface area contributed by atoms with Gasteiger partial charge in [-0.3, -0.25) is 24.1 Å². The van der Waals surface area contributed by atoms with Crippen LogP contribution in [0.3, 0.4) is 0 Å². The molecule has 256 valence electrons. The van der Waals surface area contributed by atoms with E-state index in [0.29, 0.717) is 13.1 Å². The van der Waals surface area contributed by atoms with Crippen LogP contribution in [0.4, 0.5) is 0 Å². The molecule has 0 bridgehead atoms. The second-order valence-corrected chi connectivity index (χ2v) is 13.3. The van der Waals surface area contributed by atoms with Crippen LogP contribution in [0.5, 0.6) is 0 Å². The van der Waals surface area contributed by atoms with Gasteiger partial charge in [-0.2, -0.15) is 0 Å². The molecule has 0 unspecified atom stereocenters. The van der Waals surface area contributed by atoms with Crippen molar-refractivity contribution in [1.82, 2.24) is 30.7 Å². The summed E-state index contributed by atoms with van der Waals surface area (Å²) in [5.41, 5.74) is 5.95. The molecule has 2 aliphatic heterocycles. The predicted octanol–water partition coefficient (Wildman–Crippen LogP) is 2.13. The van der Waals surface area contributed by atoms with Crippen LogP contribution in [-0.2, 0) is 38.6 Å². The number of benzene rings is 3. The summed E-state index contributed by atoms with van der Waals surface area (Å²) in [6, 6.07) is 20.4. The molecular formula is C38H44N6O5. The van der Waals surface area contributed by atoms with Gasteiger partial charge >= 0.3 is 0 Å². The number of fused-ring (bicyclic) bond motifs is 2. The van der Waals surface area contributed by atoms with E-state index in [1.54, 1.807) is 0 Å². The molecule has 49 heavy (non-hydrogen) atoms. The number of aryl methyl sites for hydroxylation is 2. The number of H-pyrrole nitrogens is 1. The van der Waals surface area contributed by atoms with Crippen molar-refractivity contribution in [2.24, 2.45) is 0 Å². The van der Waals surface area contributed by atoms with Crippen LogP contribution in [0.25, 0.3) is 10.9 Å². The third kappa shape index (κ3) is 8.18. The number of aromatic nitrogens is 1. The SMILES string of the molecule is Cc1ccc(CN2CCNC(=O)[C@H](Cc3ccccc3)NC(=O)[C@@H]3C[C@@H](O)CN3C(=O)[C@@H](Cc3c[nH]c4ccccc34)NC(=O)C2)cc1C. The molecule has 0 radical (unpaired) electrons. The van der Waals surface area contributed by atoms with E-state index < -0.39 is 36.0 Å². The van der Waals surface area contributed by atoms with E-state index in [0.717, 1.165) is 33.2 Å². The Balaban J connectivity index is 1.33. The average molecular weight is 665 g/mol. The zero-order valence-corrected chi connectivity index (χ0v) is 27.9. The van der Waals surface area contributed by atoms with Crippen molar-refractivity contribution < 1.29 is 24.3 Å². The number of nitrogens with zero attached hydrogens (tertiary/aromatic N) is 2. The number of hydrogen-bond acceptors (Lipinski definition) is 6. The minimum Gasteiger partial charge on any atom is -0.391 e. The van der Waals surface area contributed by atoms with Gasteiger partial charge in [0.05, 0.1) is 12.6 Å². The highest BCUT2D eigenvalue weighted by Gasteiger charge is 2.42. The summed E-state index contributed by atoms with van der Waals surface area (Å²) in [7, 11) is 0. The molecule has 4 amide bonds. The fraction of sp³-hybridized carbons (Fsp3) is 0.368. The lowest BCUT2D eigenvalue weighted by atomic mass is 10.0. The van der Waals surface area contributed by atoms with E-state index in [9.17, 15) is 24.3 Å². The lowest BCUT2D eigenvalue weighted by Crippen LogP contribution is -2.57. The fourth-order valence-corrected chi connectivity index (χ4v) is 6.83. The van der Waals surface area contributed by atoms with Gasteiger partial charge in [-0.05, 0) is 47.7 Å². The topological polar surface area (TPSA) is 147 Å². The summed E-state index contributed by atoms with van der Waals surface area (Å²) >= 11 is 0. The van der Waals surface area contributed by atoms with Crippen molar-refractivity contribution in [2.45, 2.75) is 63.9 Å². The zero-order valence-electron chi connectivity index (χ0n) is 27.9. The molecule has 3 heterocycles. The second kappa shape index (κ2) is 15.0. The number of rotatable bonds is 6. The highest BCUT2D eigenvalue weighted by atomic mass is 16.3. The van der Waals surface area contributed by atoms with Gasteiger partial charge in [0.1, 0.15) is 18.1 Å². The Bertz CT molecular complexity index is 1820. The van der Waals surface area contributed by atoms with Gasteiger partial charge in [-0.15, -0.1) is 0 Å². The average Bonchev–Trinajstić information content (AvgIpc) is 3.68. The second-order valence-electron chi connectivity index (χ2n) is 13.3. The van der Waals surface area contributed by atoms with Crippen LogP contribution in [0.2, 0.25) is 0 Å². The van der Waals surface area contributed by atoms with Gasteiger partial charge in [-0.25, -0.2) is 0 Å². The van der Waals surface area contributed by atoms with Gasteiger partial charge in [0.25, 0.3) is 0 Å². The highest BCUT2D eigenvalue weighted by molar-refractivity contribution is 5.95. The maximum absolute atomic E-state index is 14.4. The fourth-order valence-electron chi connectivity index (χ4n) is 6.83. The number of aliphatic hydroxyl groups excluding tert-OH is 1. The highest BCUT2D eigenvalue weighted by Crippen LogP contribution is 2.24. The summed E-state index contributed by atoms with van der Waals surface area (Å²) in [6.45, 7) is 5.07. The van der Waals surface area contributed by atoms with E-state index >= 15 is 0 Å². The molecule has 4 atom stereocenters. The Hall–Kier alpha value is -5.00. The van der Waals surface area contributed by atoms with Crippen LogP contribution in [0.1, 0.15) is 34.2 Å². The zero-order chi connectivity index (χ0) is 34.5. The molecular weight excluding hydrogens is 620 g/mol. The van der Waals surface area contributed by atoms with E-state index in [1.165, 1.54) is 10.5 Å². The number of aromatic amines is 1. The number of carbonyl (C=O) groups is 4. The quantitative estimate of drug-likeness (QED) is 0.214. The van der Waals surface area contributed by atoms with Crippen LogP contribution in [-0.4, -0.2) is 93.9 Å². The number of para-hydroxylation sites is 1. The molecule has 11 nitrogen and oxygen atoms in total. The van der Waals surface area contributed by atoms with Gasteiger partial charge < -0.3 is 30.9 Å². The molecule has 2 fully saturated rings. The maximum atomic E-state index is 14.4. The third-order valence-electron chi connectivity index (χ3n) is 9.58. The summed E-state index contributed by atoms with van der Waals surface area (Å²) < 4.78 is 0. The molecule has 2 saturated heterocycles. The Labute approximate surface area is 286 Å². The summed E-state index contributed by atoms with van der Waals surface area (Å²) in [6.07, 6.45) is 1.35. The number of amides is 4. The van der Waals surface area contributed by atoms with Crippen molar-refractivity contribution in [3.05, 3.63) is 107 Å². The minimum absolute atomic E-state index is 0.0167. The summed E-state index contributed by atoms with van der Waals surface area (Å²) in [5, 5.41) is 20.5. The Morgan fingerprint density at radius 3 is 2.39 bits per heavy atom. The van der Waals surface area contributed by atoms with E-state index in [4.69, 9.17) is 0 Å². The molecule has 6 rings (SSSR count). The monoisotopic (exact) mass is 664 g/mol. The number of nitrogens with one attached hydrogen (secondary N) is 4. The van der Waals surface area contributed by atoms with Gasteiger partial charge in [0.15, 0.2) is 0 Å². The third-order valence-corrected chi connectivity index (χ3v) is 9.58. The number of aliphatic hydroxyl groups is 1. The van der Waals surface area contributed by atoms with E-state index in [-0.39, 0.29) is 50.7 Å². The van der Waals surface area contributed by atoms with Crippen LogP contribution in [0, 0.1) is 13.8 Å². The first-order chi connectivity index (χ1) is 23.6. The van der Waals surface area contributed by atoms with Crippen LogP contribution in [0.15, 0.2) is 79.0 Å². The molecule has 0 aliphatic carbocycles. The smallest absolute Gasteiger partial charge is 0.246 e. The molecule has 2 aliphatic rings. The lowest BCUT2D eigenvalue weighted by molar-refractivity contribution is -0.142. The minimum atomic E-state index is -1.01. The standard InChI is InChI=1S/C38H44N6O5/c1-24-12-13-27(16-25(24)2)21-43-15-14-39-36(47)32(17-26-8-4-3-5-9-26)42-37(48)34-19-29(45)22-44(34)38(49)33(41-35(46)23-43)18-28-20-40-31-11-7-6-10-30(28)31/h3-13,16,20,29,32-34,40,45H,14-15,17-19,21-23H2,1-2H3,(H,39,47)(H,41,46)(H,42,48)/t29-,32+,33-,34+/m1/s1. The van der Waals surface area contributed by atoms with Crippen molar-refractivity contribution in [2.75, 3.05) is 26.2 Å². The van der Waals surface area contributed by atoms with Crippen molar-refractivity contribution in [3.63, 3.8) is 0 Å². The Morgan fingerprint density at radius 2 is 1.59 bits per heavy atom. The normalized spacial score (nSPS) is 23.0. The molecule has 0 saturated carbocycles. The van der Waals surface area contributed by atoms with Gasteiger partial charge in [0.2, 0.25) is 23.6 Å². The molecule has 11 heteroatoms. The first-order valence-electron chi connectivity index (χ1n) is 16.9. The maximum Gasteiger partial charge on any atom is 0.246 e. The van der Waals surface area contributed by atoms with Crippen LogP contribution >= 0.6 is 0 Å². The van der Waals surface area contributed by atoms with E-state index in [2.05, 4.69) is 27.0 Å². The molecule has 0 spiro atoms. The largest absolute Gasteiger partial charge is 0.391 e. The van der Waals surface area contributed by atoms with Crippen LogP contribution < -0.4 is 16.0 Å². The number of hydrogen-bond donors (Lipinski definition) is 5. The molecule has 4 aromatic rings. The number of carbonyl (C=O) groups excluding carboxylic acids is 4. The first kappa shape index (κ1) is 33.9. The predicted molar refractivity (Wildman–Crippen MR) is 186 cm³/mol. The van der Waals surface area contributed by atoms with Crippen molar-refractivity contribution >= 4 is 34.5 Å². The Kier molecular flexibility index (Phi) is 10.4. The van der Waals surface area contributed by atoms with Crippen molar-refractivity contribution in [3.8, 4) is 0 Å². The molecule has 1 aromatic heterocycles. The van der Waals surface area contributed by atoms with Gasteiger partial charge in [0, 0.05) is 62.5 Å². The molecule has 5 N–H and O–H groups in total. The van der Waals surface area contributed by atoms with E-state index in [1.807, 2.05) is 91.7 Å². The lowest BCUT2D eigenvalue weighted by Gasteiger charge is -2.30. The summed E-state index contributed by atoms with van der Waals surface area (Å²) in [4.78, 5) is 62.1. The first-order valence-corrected chi connectivity index (χ1v) is 16.9. The van der Waals surface area contributed by atoms with Crippen molar-refractivity contribution in [1.29, 1.82) is 0 Å². The summed E-state index contributed by atoms with van der Waals surface area (Å²) in [5.74, 6) is -1.71.